The predicted octanol–water partition coefficient (Wildman–Crippen LogP) is 4.33. The standard InChI is InChI=1S/C23H22FN5O/c1-14-7-23(8-14)12-28(13-23)15-9-26-22-18(10-27-29(22)11-15)16-3-4-25-20-6-19(24)21(30-2)5-17(16)20/h3-6,9-11,14H,7-8,12-13H2,1-2H3. The molecule has 30 heavy (non-hydrogen) atoms. The Labute approximate surface area is 173 Å². The first-order valence-electron chi connectivity index (χ1n) is 10.3. The molecule has 1 saturated heterocycles. The molecule has 2 aliphatic rings. The molecule has 3 aromatic heterocycles. The van der Waals surface area contributed by atoms with Gasteiger partial charge in [0.15, 0.2) is 17.2 Å². The Balaban J connectivity index is 1.38. The van der Waals surface area contributed by atoms with Gasteiger partial charge in [0, 0.05) is 41.7 Å². The zero-order valence-corrected chi connectivity index (χ0v) is 17.0. The van der Waals surface area contributed by atoms with Gasteiger partial charge in [-0.3, -0.25) is 4.98 Å². The zero-order chi connectivity index (χ0) is 20.5. The summed E-state index contributed by atoms with van der Waals surface area (Å²) in [4.78, 5) is 11.4. The minimum atomic E-state index is -0.426. The molecule has 1 spiro atoms. The number of hydrogen-bond acceptors (Lipinski definition) is 5. The lowest BCUT2D eigenvalue weighted by Gasteiger charge is -2.59. The van der Waals surface area contributed by atoms with Crippen LogP contribution < -0.4 is 9.64 Å². The van der Waals surface area contributed by atoms with Crippen molar-refractivity contribution in [3.63, 3.8) is 0 Å². The third-order valence-electron chi connectivity index (χ3n) is 6.63. The lowest BCUT2D eigenvalue weighted by Crippen LogP contribution is -2.62. The number of nitrogens with zero attached hydrogens (tertiary/aromatic N) is 5. The van der Waals surface area contributed by atoms with Crippen LogP contribution in [0.25, 0.3) is 27.7 Å². The van der Waals surface area contributed by atoms with Gasteiger partial charge in [-0.1, -0.05) is 6.92 Å². The van der Waals surface area contributed by atoms with Crippen LogP contribution in [-0.4, -0.2) is 39.8 Å². The third kappa shape index (κ3) is 2.51. The lowest BCUT2D eigenvalue weighted by molar-refractivity contribution is 0.0336. The minimum absolute atomic E-state index is 0.195. The Hall–Kier alpha value is -3.22. The van der Waals surface area contributed by atoms with Gasteiger partial charge in [-0.15, -0.1) is 0 Å². The lowest BCUT2D eigenvalue weighted by atomic mass is 9.58. The van der Waals surface area contributed by atoms with E-state index in [0.29, 0.717) is 10.9 Å². The van der Waals surface area contributed by atoms with E-state index in [1.165, 1.54) is 26.0 Å². The van der Waals surface area contributed by atoms with Crippen LogP contribution in [0.15, 0.2) is 43.0 Å². The molecule has 0 atom stereocenters. The van der Waals surface area contributed by atoms with Crippen LogP contribution in [0.4, 0.5) is 10.1 Å². The average molecular weight is 403 g/mol. The third-order valence-corrected chi connectivity index (χ3v) is 6.63. The number of halogens is 1. The fourth-order valence-corrected chi connectivity index (χ4v) is 5.38. The van der Waals surface area contributed by atoms with E-state index in [4.69, 9.17) is 9.72 Å². The zero-order valence-electron chi connectivity index (χ0n) is 17.0. The molecular weight excluding hydrogens is 381 g/mol. The number of hydrogen-bond donors (Lipinski definition) is 0. The number of anilines is 1. The van der Waals surface area contributed by atoms with Crippen LogP contribution in [0.3, 0.4) is 0 Å². The van der Waals surface area contributed by atoms with Gasteiger partial charge in [-0.05, 0) is 36.5 Å². The summed E-state index contributed by atoms with van der Waals surface area (Å²) in [6.07, 6.45) is 10.1. The Morgan fingerprint density at radius 1 is 1.13 bits per heavy atom. The fourth-order valence-electron chi connectivity index (χ4n) is 5.38. The van der Waals surface area contributed by atoms with Crippen molar-refractivity contribution in [2.45, 2.75) is 19.8 Å². The number of aromatic nitrogens is 4. The van der Waals surface area contributed by atoms with Crippen LogP contribution >= 0.6 is 0 Å². The summed E-state index contributed by atoms with van der Waals surface area (Å²) in [6, 6.07) is 4.99. The quantitative estimate of drug-likeness (QED) is 0.510. The molecule has 6 nitrogen and oxygen atoms in total. The molecular formula is C23H22FN5O. The average Bonchev–Trinajstić information content (AvgIpc) is 3.11. The first kappa shape index (κ1) is 17.6. The molecule has 6 rings (SSSR count). The molecule has 1 aliphatic heterocycles. The maximum atomic E-state index is 14.1. The Kier molecular flexibility index (Phi) is 3.61. The molecule has 0 amide bonds. The second-order valence-corrected chi connectivity index (χ2v) is 8.87. The monoisotopic (exact) mass is 403 g/mol. The van der Waals surface area contributed by atoms with Crippen molar-refractivity contribution in [1.29, 1.82) is 0 Å². The highest BCUT2D eigenvalue weighted by molar-refractivity contribution is 5.98. The Morgan fingerprint density at radius 3 is 2.73 bits per heavy atom. The van der Waals surface area contributed by atoms with Crippen LogP contribution in [-0.2, 0) is 0 Å². The number of fused-ring (bicyclic) bond motifs is 2. The van der Waals surface area contributed by atoms with Gasteiger partial charge in [0.05, 0.1) is 36.9 Å². The number of methoxy groups -OCH3 is 1. The summed E-state index contributed by atoms with van der Waals surface area (Å²) < 4.78 is 21.1. The van der Waals surface area contributed by atoms with Crippen molar-refractivity contribution in [1.82, 2.24) is 19.6 Å². The van der Waals surface area contributed by atoms with Gasteiger partial charge >= 0.3 is 0 Å². The Morgan fingerprint density at radius 2 is 1.97 bits per heavy atom. The van der Waals surface area contributed by atoms with Crippen molar-refractivity contribution in [2.75, 3.05) is 25.1 Å². The highest BCUT2D eigenvalue weighted by atomic mass is 19.1. The summed E-state index contributed by atoms with van der Waals surface area (Å²) in [5, 5.41) is 5.35. The second-order valence-electron chi connectivity index (χ2n) is 8.87. The van der Waals surface area contributed by atoms with Crippen molar-refractivity contribution in [3.05, 3.63) is 48.8 Å². The smallest absolute Gasteiger partial charge is 0.167 e. The first-order chi connectivity index (χ1) is 14.5. The highest BCUT2D eigenvalue weighted by Gasteiger charge is 2.50. The van der Waals surface area contributed by atoms with E-state index in [-0.39, 0.29) is 5.75 Å². The molecule has 1 aliphatic carbocycles. The molecule has 1 saturated carbocycles. The van der Waals surface area contributed by atoms with Gasteiger partial charge in [0.1, 0.15) is 0 Å². The van der Waals surface area contributed by atoms with Gasteiger partial charge in [0.2, 0.25) is 0 Å². The van der Waals surface area contributed by atoms with Gasteiger partial charge in [-0.2, -0.15) is 5.10 Å². The summed E-state index contributed by atoms with van der Waals surface area (Å²) in [6.45, 7) is 4.55. The van der Waals surface area contributed by atoms with E-state index in [0.717, 1.165) is 46.9 Å². The highest BCUT2D eigenvalue weighted by Crippen LogP contribution is 2.52. The van der Waals surface area contributed by atoms with Gasteiger partial charge in [-0.25, -0.2) is 13.9 Å². The molecule has 4 heterocycles. The Bertz CT molecular complexity index is 1290. The SMILES string of the molecule is COc1cc2c(-c3cnn4cc(N5CC6(CC(C)C6)C5)cnc34)ccnc2cc1F. The largest absolute Gasteiger partial charge is 0.494 e. The fraction of sp³-hybridized carbons (Fsp3) is 0.348. The van der Waals surface area contributed by atoms with Crippen LogP contribution in [0.5, 0.6) is 5.75 Å². The van der Waals surface area contributed by atoms with Crippen molar-refractivity contribution < 1.29 is 9.13 Å². The summed E-state index contributed by atoms with van der Waals surface area (Å²) >= 11 is 0. The minimum Gasteiger partial charge on any atom is -0.494 e. The number of benzene rings is 1. The van der Waals surface area contributed by atoms with E-state index in [1.54, 1.807) is 12.3 Å². The van der Waals surface area contributed by atoms with Crippen LogP contribution in [0.2, 0.25) is 0 Å². The molecule has 0 N–H and O–H groups in total. The number of pyridine rings is 1. The second kappa shape index (κ2) is 6.14. The van der Waals surface area contributed by atoms with Crippen molar-refractivity contribution >= 4 is 22.2 Å². The van der Waals surface area contributed by atoms with E-state index in [1.807, 2.05) is 29.2 Å². The molecule has 7 heteroatoms. The van der Waals surface area contributed by atoms with Crippen LogP contribution in [0, 0.1) is 17.2 Å². The van der Waals surface area contributed by atoms with E-state index in [2.05, 4.69) is 21.9 Å². The van der Waals surface area contributed by atoms with Crippen molar-refractivity contribution in [3.8, 4) is 16.9 Å². The van der Waals surface area contributed by atoms with E-state index < -0.39 is 5.82 Å². The predicted molar refractivity (Wildman–Crippen MR) is 113 cm³/mol. The van der Waals surface area contributed by atoms with E-state index >= 15 is 0 Å². The summed E-state index contributed by atoms with van der Waals surface area (Å²) in [5.74, 6) is 0.634. The van der Waals surface area contributed by atoms with E-state index in [9.17, 15) is 4.39 Å². The topological polar surface area (TPSA) is 55.6 Å². The molecule has 1 aromatic carbocycles. The number of rotatable bonds is 3. The normalized spacial score (nSPS) is 18.0. The van der Waals surface area contributed by atoms with Gasteiger partial charge < -0.3 is 9.64 Å². The van der Waals surface area contributed by atoms with Gasteiger partial charge in [0.25, 0.3) is 0 Å². The molecule has 152 valence electrons. The molecule has 0 bridgehead atoms. The van der Waals surface area contributed by atoms with Crippen LogP contribution in [0.1, 0.15) is 19.8 Å². The summed E-state index contributed by atoms with van der Waals surface area (Å²) in [5.41, 5.74) is 4.76. The first-order valence-corrected chi connectivity index (χ1v) is 10.3. The summed E-state index contributed by atoms with van der Waals surface area (Å²) in [7, 11) is 1.46. The van der Waals surface area contributed by atoms with Crippen molar-refractivity contribution in [2.24, 2.45) is 11.3 Å². The molecule has 0 radical (unpaired) electrons. The maximum absolute atomic E-state index is 14.1. The molecule has 4 aromatic rings. The molecule has 2 fully saturated rings. The number of ether oxygens (including phenoxy) is 1. The maximum Gasteiger partial charge on any atom is 0.167 e. The molecule has 0 unspecified atom stereocenters.